The Morgan fingerprint density at radius 3 is 0.738 bits per heavy atom. The zero-order valence-electron chi connectivity index (χ0n) is 67.8. The molecule has 0 bridgehead atoms. The molecule has 0 aliphatic carbocycles. The number of aliphatic hydroxyl groups is 1. The molecule has 0 aliphatic heterocycles. The maximum Gasteiger partial charge on any atom is 0.472 e. The molecule has 0 saturated carbocycles. The Morgan fingerprint density at radius 1 is 0.282 bits per heavy atom. The van der Waals surface area contributed by atoms with E-state index in [1.54, 1.807) is 0 Å². The maximum atomic E-state index is 13.1. The zero-order chi connectivity index (χ0) is 75.8. The number of rotatable bonds is 82. The summed E-state index contributed by atoms with van der Waals surface area (Å²) in [6, 6.07) is 0. The van der Waals surface area contributed by atoms with E-state index >= 15 is 0 Å². The van der Waals surface area contributed by atoms with E-state index in [9.17, 15) is 43.2 Å². The third-order valence-corrected chi connectivity index (χ3v) is 22.3. The van der Waals surface area contributed by atoms with Crippen LogP contribution in [0.1, 0.15) is 440 Å². The van der Waals surface area contributed by atoms with Crippen LogP contribution in [0.2, 0.25) is 0 Å². The van der Waals surface area contributed by atoms with Crippen molar-refractivity contribution in [2.75, 3.05) is 39.6 Å². The minimum absolute atomic E-state index is 0.107. The molecule has 17 nitrogen and oxygen atoms in total. The fourth-order valence-corrected chi connectivity index (χ4v) is 14.5. The Morgan fingerprint density at radius 2 is 0.495 bits per heavy atom. The summed E-state index contributed by atoms with van der Waals surface area (Å²) in [6.45, 7) is 12.0. The fourth-order valence-electron chi connectivity index (χ4n) is 13.0. The van der Waals surface area contributed by atoms with Crippen molar-refractivity contribution in [3.63, 3.8) is 0 Å². The van der Waals surface area contributed by atoms with Gasteiger partial charge in [0.2, 0.25) is 0 Å². The summed E-state index contributed by atoms with van der Waals surface area (Å²) in [5.41, 5.74) is 0. The topological polar surface area (TPSA) is 237 Å². The van der Waals surface area contributed by atoms with Gasteiger partial charge in [0.1, 0.15) is 19.3 Å². The number of carbonyl (C=O) groups excluding carboxylic acids is 4. The van der Waals surface area contributed by atoms with Crippen LogP contribution in [0.15, 0.2) is 0 Å². The van der Waals surface area contributed by atoms with E-state index < -0.39 is 97.5 Å². The van der Waals surface area contributed by atoms with Crippen molar-refractivity contribution in [1.82, 2.24) is 0 Å². The number of unbranched alkanes of at least 4 members (excludes halogenated alkanes) is 48. The largest absolute Gasteiger partial charge is 0.472 e. The van der Waals surface area contributed by atoms with Crippen LogP contribution in [-0.2, 0) is 65.4 Å². The standard InChI is InChI=1S/C84H164O17P2/c1-8-11-12-13-14-15-16-17-28-34-39-44-53-60-67-84(89)101-80(72-95-82(87)66-59-52-47-46-48-55-62-75(4)5)74-99-103(92,93)97-70-78(85)69-96-102(90,91)98-73-79(71-94-81(86)65-58-51-43-38-33-29-25-24-27-32-37-42-50-57-64-77(7)10-3)100-83(88)68-61-54-45-40-35-30-23-21-19-18-20-22-26-31-36-41-49-56-63-76(6)9-2/h75-80,85H,8-74H2,1-7H3,(H,90,91)(H,92,93)/t76?,77?,78-,79-,80-/m1/s1. The van der Waals surface area contributed by atoms with Crippen LogP contribution in [0.25, 0.3) is 0 Å². The predicted octanol–water partition coefficient (Wildman–Crippen LogP) is 25.3. The molecule has 0 fully saturated rings. The van der Waals surface area contributed by atoms with Crippen molar-refractivity contribution in [1.29, 1.82) is 0 Å². The van der Waals surface area contributed by atoms with Crippen LogP contribution in [0.4, 0.5) is 0 Å². The molecular weight excluding hydrogens is 1340 g/mol. The molecule has 0 heterocycles. The zero-order valence-corrected chi connectivity index (χ0v) is 69.6. The monoisotopic (exact) mass is 1510 g/mol. The first-order chi connectivity index (χ1) is 49.8. The Labute approximate surface area is 632 Å². The molecule has 612 valence electrons. The van der Waals surface area contributed by atoms with E-state index in [0.717, 1.165) is 108 Å². The minimum atomic E-state index is -4.96. The predicted molar refractivity (Wildman–Crippen MR) is 423 cm³/mol. The molecule has 0 radical (unpaired) electrons. The molecule has 0 amide bonds. The van der Waals surface area contributed by atoms with Gasteiger partial charge >= 0.3 is 39.5 Å². The number of aliphatic hydroxyl groups excluding tert-OH is 1. The van der Waals surface area contributed by atoms with Crippen LogP contribution in [0, 0.1) is 17.8 Å². The number of ether oxygens (including phenoxy) is 4. The van der Waals surface area contributed by atoms with E-state index in [4.69, 9.17) is 37.0 Å². The van der Waals surface area contributed by atoms with Crippen LogP contribution >= 0.6 is 15.6 Å². The molecule has 103 heavy (non-hydrogen) atoms. The Kier molecular flexibility index (Phi) is 72.8. The molecule has 0 saturated heterocycles. The van der Waals surface area contributed by atoms with Gasteiger partial charge in [0.15, 0.2) is 12.2 Å². The minimum Gasteiger partial charge on any atom is -0.462 e. The second-order valence-corrected chi connectivity index (χ2v) is 34.1. The van der Waals surface area contributed by atoms with E-state index in [1.165, 1.54) is 244 Å². The lowest BCUT2D eigenvalue weighted by Gasteiger charge is -2.21. The molecular formula is C84H164O17P2. The van der Waals surface area contributed by atoms with Crippen LogP contribution < -0.4 is 0 Å². The molecule has 0 spiro atoms. The van der Waals surface area contributed by atoms with Gasteiger partial charge in [-0.05, 0) is 43.4 Å². The third-order valence-electron chi connectivity index (χ3n) is 20.4. The number of phosphoric ester groups is 2. The first-order valence-corrected chi connectivity index (χ1v) is 46.4. The fraction of sp³-hybridized carbons (Fsp3) is 0.952. The normalized spacial score (nSPS) is 14.4. The highest BCUT2D eigenvalue weighted by Gasteiger charge is 2.30. The van der Waals surface area contributed by atoms with Gasteiger partial charge in [0, 0.05) is 25.7 Å². The first kappa shape index (κ1) is 101. The van der Waals surface area contributed by atoms with Gasteiger partial charge in [-0.2, -0.15) is 0 Å². The lowest BCUT2D eigenvalue weighted by molar-refractivity contribution is -0.161. The summed E-state index contributed by atoms with van der Waals surface area (Å²) in [7, 11) is -9.92. The van der Waals surface area contributed by atoms with Gasteiger partial charge in [-0.1, -0.05) is 389 Å². The van der Waals surface area contributed by atoms with Gasteiger partial charge in [0.25, 0.3) is 0 Å². The smallest absolute Gasteiger partial charge is 0.462 e. The quantitative estimate of drug-likeness (QED) is 0.0222. The maximum absolute atomic E-state index is 13.1. The van der Waals surface area contributed by atoms with Crippen molar-refractivity contribution < 1.29 is 80.2 Å². The highest BCUT2D eigenvalue weighted by Crippen LogP contribution is 2.45. The second kappa shape index (κ2) is 74.2. The Bertz CT molecular complexity index is 2000. The van der Waals surface area contributed by atoms with Crippen LogP contribution in [0.5, 0.6) is 0 Å². The van der Waals surface area contributed by atoms with E-state index in [-0.39, 0.29) is 25.7 Å². The summed E-state index contributed by atoms with van der Waals surface area (Å²) in [4.78, 5) is 73.1. The van der Waals surface area contributed by atoms with Crippen molar-refractivity contribution in [2.45, 2.75) is 458 Å². The summed E-state index contributed by atoms with van der Waals surface area (Å²) in [6.07, 6.45) is 63.9. The van der Waals surface area contributed by atoms with Gasteiger partial charge in [-0.25, -0.2) is 9.13 Å². The number of phosphoric acid groups is 2. The Balaban J connectivity index is 5.21. The molecule has 4 unspecified atom stereocenters. The number of hydrogen-bond donors (Lipinski definition) is 3. The van der Waals surface area contributed by atoms with Gasteiger partial charge in [-0.3, -0.25) is 37.3 Å². The second-order valence-electron chi connectivity index (χ2n) is 31.2. The molecule has 7 atom stereocenters. The van der Waals surface area contributed by atoms with Crippen molar-refractivity contribution in [3.8, 4) is 0 Å². The van der Waals surface area contributed by atoms with E-state index in [1.807, 2.05) is 0 Å². The van der Waals surface area contributed by atoms with Crippen LogP contribution in [-0.4, -0.2) is 96.7 Å². The van der Waals surface area contributed by atoms with Gasteiger partial charge < -0.3 is 33.8 Å². The number of esters is 4. The van der Waals surface area contributed by atoms with Gasteiger partial charge in [-0.15, -0.1) is 0 Å². The third kappa shape index (κ3) is 75.3. The summed E-state index contributed by atoms with van der Waals surface area (Å²) >= 11 is 0. The van der Waals surface area contributed by atoms with Gasteiger partial charge in [0.05, 0.1) is 26.4 Å². The highest BCUT2D eigenvalue weighted by atomic mass is 31.2. The van der Waals surface area contributed by atoms with Crippen molar-refractivity contribution in [3.05, 3.63) is 0 Å². The molecule has 0 aromatic carbocycles. The SMILES string of the molecule is CCCCCCCCCCCCCCCCC(=O)O[C@H](COC(=O)CCCCCCCCC(C)C)COP(=O)(O)OC[C@H](O)COP(=O)(O)OC[C@@H](COC(=O)CCCCCCCCCCCCCCCCC(C)CC)OC(=O)CCCCCCCCCCCCCCCCCCCCC(C)CC. The van der Waals surface area contributed by atoms with Crippen molar-refractivity contribution >= 4 is 39.5 Å². The van der Waals surface area contributed by atoms with E-state index in [2.05, 4.69) is 48.5 Å². The molecule has 19 heteroatoms. The molecule has 0 rings (SSSR count). The molecule has 0 aliphatic rings. The Hall–Kier alpha value is -1.94. The lowest BCUT2D eigenvalue weighted by Crippen LogP contribution is -2.30. The first-order valence-electron chi connectivity index (χ1n) is 43.4. The lowest BCUT2D eigenvalue weighted by atomic mass is 9.99. The molecule has 3 N–H and O–H groups in total. The highest BCUT2D eigenvalue weighted by molar-refractivity contribution is 7.47. The average Bonchev–Trinajstić information content (AvgIpc) is 0.977. The number of hydrogen-bond acceptors (Lipinski definition) is 15. The molecule has 0 aromatic rings. The summed E-state index contributed by atoms with van der Waals surface area (Å²) in [5.74, 6) is 0.292. The number of carbonyl (C=O) groups is 4. The van der Waals surface area contributed by atoms with Crippen LogP contribution in [0.3, 0.4) is 0 Å². The molecule has 0 aromatic heterocycles. The summed E-state index contributed by atoms with van der Waals surface area (Å²) < 4.78 is 68.8. The summed E-state index contributed by atoms with van der Waals surface area (Å²) in [5, 5.41) is 10.7. The average molecular weight is 1510 g/mol. The van der Waals surface area contributed by atoms with Crippen molar-refractivity contribution in [2.24, 2.45) is 17.8 Å². The van der Waals surface area contributed by atoms with E-state index in [0.29, 0.717) is 31.6 Å².